The number of ketones is 1. The molecule has 0 spiro atoms. The van der Waals surface area contributed by atoms with Gasteiger partial charge in [0, 0.05) is 18.3 Å². The molecule has 4 fully saturated rings. The van der Waals surface area contributed by atoms with Gasteiger partial charge in [0.15, 0.2) is 5.78 Å². The molecule has 0 bridgehead atoms. The molecule has 0 aromatic carbocycles. The summed E-state index contributed by atoms with van der Waals surface area (Å²) in [5.41, 5.74) is -0.120. The van der Waals surface area contributed by atoms with Crippen molar-refractivity contribution in [1.29, 1.82) is 10.7 Å². The lowest BCUT2D eigenvalue weighted by Crippen LogP contribution is -2.51. The first-order valence-corrected chi connectivity index (χ1v) is 11.9. The van der Waals surface area contributed by atoms with Gasteiger partial charge in [0.1, 0.15) is 6.07 Å². The first-order valence-electron chi connectivity index (χ1n) is 11.9. The van der Waals surface area contributed by atoms with Crippen molar-refractivity contribution in [1.82, 2.24) is 5.32 Å². The van der Waals surface area contributed by atoms with E-state index >= 15 is 0 Å². The van der Waals surface area contributed by atoms with Crippen LogP contribution in [-0.2, 0) is 4.79 Å². The lowest BCUT2D eigenvalue weighted by Gasteiger charge is -2.56. The second-order valence-electron chi connectivity index (χ2n) is 11.1. The van der Waals surface area contributed by atoms with Crippen molar-refractivity contribution in [3.8, 4) is 6.07 Å². The molecule has 4 aliphatic rings. The van der Waals surface area contributed by atoms with Gasteiger partial charge in [-0.2, -0.15) is 5.26 Å². The zero-order valence-electron chi connectivity index (χ0n) is 18.5. The van der Waals surface area contributed by atoms with Crippen molar-refractivity contribution in [2.45, 2.75) is 77.2 Å². The van der Waals surface area contributed by atoms with E-state index in [2.05, 4.69) is 12.2 Å². The van der Waals surface area contributed by atoms with Crippen LogP contribution in [0.4, 0.5) is 0 Å². The summed E-state index contributed by atoms with van der Waals surface area (Å²) >= 11 is 0. The molecule has 8 atom stereocenters. The number of nitriles is 1. The predicted molar refractivity (Wildman–Crippen MR) is 117 cm³/mol. The molecule has 0 unspecified atom stereocenters. The summed E-state index contributed by atoms with van der Waals surface area (Å²) < 4.78 is 0. The molecule has 0 aromatic rings. The number of allylic oxidation sites excluding steroid dienone is 1. The highest BCUT2D eigenvalue weighted by molar-refractivity contribution is 5.85. The van der Waals surface area contributed by atoms with E-state index < -0.39 is 5.60 Å². The van der Waals surface area contributed by atoms with Gasteiger partial charge in [-0.1, -0.05) is 6.92 Å². The van der Waals surface area contributed by atoms with E-state index in [0.717, 1.165) is 49.7 Å². The molecular formula is C25H37N3O2. The lowest BCUT2D eigenvalue weighted by molar-refractivity contribution is -0.131. The fraction of sp³-hybridized carbons (Fsp3) is 0.800. The van der Waals surface area contributed by atoms with Crippen LogP contribution in [0.5, 0.6) is 0 Å². The summed E-state index contributed by atoms with van der Waals surface area (Å²) in [6.07, 6.45) is 12.7. The van der Waals surface area contributed by atoms with Crippen molar-refractivity contribution >= 4 is 12.0 Å². The maximum absolute atomic E-state index is 13.1. The minimum atomic E-state index is -0.466. The topological polar surface area (TPSA) is 97.0 Å². The van der Waals surface area contributed by atoms with Crippen molar-refractivity contribution in [2.75, 3.05) is 6.54 Å². The van der Waals surface area contributed by atoms with Gasteiger partial charge in [0.05, 0.1) is 17.7 Å². The van der Waals surface area contributed by atoms with E-state index in [1.807, 2.05) is 13.0 Å². The summed E-state index contributed by atoms with van der Waals surface area (Å²) in [7, 11) is 0. The van der Waals surface area contributed by atoms with E-state index in [1.165, 1.54) is 38.3 Å². The number of hydrogen-bond acceptors (Lipinski definition) is 5. The second-order valence-corrected chi connectivity index (χ2v) is 11.1. The summed E-state index contributed by atoms with van der Waals surface area (Å²) in [5, 5.41) is 29.6. The van der Waals surface area contributed by atoms with Crippen LogP contribution in [-0.4, -0.2) is 29.3 Å². The summed E-state index contributed by atoms with van der Waals surface area (Å²) in [4.78, 5) is 13.1. The minimum absolute atomic E-state index is 0.107. The smallest absolute Gasteiger partial charge is 0.155 e. The average Bonchev–Trinajstić information content (AvgIpc) is 3.07. The Kier molecular flexibility index (Phi) is 5.83. The molecule has 5 heteroatoms. The van der Waals surface area contributed by atoms with Gasteiger partial charge in [0.2, 0.25) is 0 Å². The third-order valence-electron chi connectivity index (χ3n) is 9.44. The standard InChI is InChI=1S/C25H37N3O2/c1-24(30)9-7-18-17(11-24)3-4-20-19(18)8-10-25(2)21(20)5-6-22(25)23(29)15-28-14-16(12-26)13-27/h12,14,17-22,26,28,30H,3-11,15H2,1-2H3/b16-14+,26-12?/t17-,18+,19-,20-,21+,22-,24-,25+/m1/s1. The Morgan fingerprint density at radius 2 is 1.90 bits per heavy atom. The third kappa shape index (κ3) is 3.73. The number of nitrogens with one attached hydrogen (secondary N) is 2. The van der Waals surface area contributed by atoms with Gasteiger partial charge in [-0.05, 0) is 99.7 Å². The van der Waals surface area contributed by atoms with Crippen LogP contribution in [0.1, 0.15) is 71.6 Å². The molecule has 0 radical (unpaired) electrons. The Labute approximate surface area is 180 Å². The van der Waals surface area contributed by atoms with Crippen molar-refractivity contribution in [3.05, 3.63) is 11.8 Å². The number of Topliss-reactive ketones (excluding diaryl/α,β-unsaturated/α-hetero) is 1. The quantitative estimate of drug-likeness (QED) is 0.466. The normalized spacial score (nSPS) is 45.5. The number of fused-ring (bicyclic) bond motifs is 5. The van der Waals surface area contributed by atoms with Crippen LogP contribution in [0.3, 0.4) is 0 Å². The summed E-state index contributed by atoms with van der Waals surface area (Å²) in [5.74, 6) is 4.04. The monoisotopic (exact) mass is 411 g/mol. The van der Waals surface area contributed by atoms with Gasteiger partial charge in [-0.3, -0.25) is 4.79 Å². The fourth-order valence-corrected chi connectivity index (χ4v) is 8.10. The Morgan fingerprint density at radius 3 is 2.63 bits per heavy atom. The highest BCUT2D eigenvalue weighted by Crippen LogP contribution is 2.64. The van der Waals surface area contributed by atoms with Crippen LogP contribution in [0.2, 0.25) is 0 Å². The van der Waals surface area contributed by atoms with E-state index in [4.69, 9.17) is 10.7 Å². The van der Waals surface area contributed by atoms with E-state index in [-0.39, 0.29) is 29.2 Å². The Morgan fingerprint density at radius 1 is 1.13 bits per heavy atom. The Hall–Kier alpha value is -1.67. The average molecular weight is 412 g/mol. The number of aliphatic hydroxyl groups is 1. The molecular weight excluding hydrogens is 374 g/mol. The molecule has 4 rings (SSSR count). The summed E-state index contributed by atoms with van der Waals surface area (Å²) in [6, 6.07) is 1.94. The van der Waals surface area contributed by atoms with Crippen LogP contribution in [0.25, 0.3) is 0 Å². The maximum Gasteiger partial charge on any atom is 0.155 e. The van der Waals surface area contributed by atoms with E-state index in [0.29, 0.717) is 11.8 Å². The van der Waals surface area contributed by atoms with E-state index in [1.54, 1.807) is 0 Å². The molecule has 0 aromatic heterocycles. The molecule has 0 saturated heterocycles. The summed E-state index contributed by atoms with van der Waals surface area (Å²) in [6.45, 7) is 4.64. The van der Waals surface area contributed by atoms with Crippen LogP contribution >= 0.6 is 0 Å². The van der Waals surface area contributed by atoms with Crippen LogP contribution < -0.4 is 5.32 Å². The molecule has 164 valence electrons. The van der Waals surface area contributed by atoms with Crippen molar-refractivity contribution < 1.29 is 9.90 Å². The molecule has 30 heavy (non-hydrogen) atoms. The Bertz CT molecular complexity index is 767. The predicted octanol–water partition coefficient (Wildman–Crippen LogP) is 4.22. The van der Waals surface area contributed by atoms with Gasteiger partial charge in [-0.15, -0.1) is 0 Å². The lowest BCUT2D eigenvalue weighted by atomic mass is 9.49. The number of nitrogens with zero attached hydrogens (tertiary/aromatic N) is 1. The van der Waals surface area contributed by atoms with E-state index in [9.17, 15) is 9.90 Å². The zero-order chi connectivity index (χ0) is 21.5. The maximum atomic E-state index is 13.1. The van der Waals surface area contributed by atoms with Gasteiger partial charge >= 0.3 is 0 Å². The van der Waals surface area contributed by atoms with Crippen LogP contribution in [0, 0.1) is 57.7 Å². The highest BCUT2D eigenvalue weighted by atomic mass is 16.3. The molecule has 0 heterocycles. The number of carbonyl (C=O) groups is 1. The minimum Gasteiger partial charge on any atom is -0.390 e. The molecule has 5 nitrogen and oxygen atoms in total. The highest BCUT2D eigenvalue weighted by Gasteiger charge is 2.58. The zero-order valence-corrected chi connectivity index (χ0v) is 18.5. The van der Waals surface area contributed by atoms with Crippen LogP contribution in [0.15, 0.2) is 11.8 Å². The van der Waals surface area contributed by atoms with Crippen molar-refractivity contribution in [2.24, 2.45) is 40.9 Å². The molecule has 4 saturated carbocycles. The molecule has 0 amide bonds. The molecule has 3 N–H and O–H groups in total. The molecule has 0 aliphatic heterocycles. The fourth-order valence-electron chi connectivity index (χ4n) is 8.10. The SMILES string of the molecule is C[C@@]1(O)CC[C@H]2[C@H](CC[C@@H]3[C@@H]2CC[C@]2(C)[C@@H](C(=O)CN/C=C(/C#N)C=N)CC[C@@H]32)C1. The Balaban J connectivity index is 1.43. The second kappa shape index (κ2) is 8.11. The van der Waals surface area contributed by atoms with Gasteiger partial charge in [-0.25, -0.2) is 0 Å². The van der Waals surface area contributed by atoms with Gasteiger partial charge in [0.25, 0.3) is 0 Å². The van der Waals surface area contributed by atoms with Crippen molar-refractivity contribution in [3.63, 3.8) is 0 Å². The van der Waals surface area contributed by atoms with Gasteiger partial charge < -0.3 is 15.8 Å². The first-order chi connectivity index (χ1) is 14.3. The molecule has 4 aliphatic carbocycles. The largest absolute Gasteiger partial charge is 0.390 e. The number of hydrogen-bond donors (Lipinski definition) is 3. The first kappa shape index (κ1) is 21.6. The third-order valence-corrected chi connectivity index (χ3v) is 9.44. The number of carbonyl (C=O) groups excluding carboxylic acids is 1. The number of rotatable bonds is 5.